The van der Waals surface area contributed by atoms with Gasteiger partial charge in [0.1, 0.15) is 13.6 Å². The molecule has 0 bridgehead atoms. The van der Waals surface area contributed by atoms with Crippen molar-refractivity contribution in [2.45, 2.75) is 0 Å². The number of hydrogen-bond donors (Lipinski definition) is 0. The third-order valence-electron chi connectivity index (χ3n) is 2.42. The number of aryl methyl sites for hydroxylation is 1. The maximum atomic E-state index is 11.8. The summed E-state index contributed by atoms with van der Waals surface area (Å²) >= 11 is 0. The van der Waals surface area contributed by atoms with Crippen LogP contribution in [0.1, 0.15) is 0 Å². The van der Waals surface area contributed by atoms with Crippen molar-refractivity contribution < 1.29 is 4.74 Å². The van der Waals surface area contributed by atoms with Crippen LogP contribution in [0.25, 0.3) is 10.8 Å². The number of aromatic nitrogens is 1. The molecule has 2 rings (SSSR count). The van der Waals surface area contributed by atoms with E-state index in [4.69, 9.17) is 12.6 Å². The number of benzene rings is 1. The Balaban J connectivity index is 3.02. The highest BCUT2D eigenvalue weighted by molar-refractivity contribution is 6.39. The van der Waals surface area contributed by atoms with Gasteiger partial charge in [-0.2, -0.15) is 0 Å². The Bertz CT molecular complexity index is 575. The van der Waals surface area contributed by atoms with Crippen LogP contribution in [0.3, 0.4) is 0 Å². The molecule has 1 aromatic carbocycles. The zero-order valence-electron chi connectivity index (χ0n) is 8.65. The van der Waals surface area contributed by atoms with E-state index in [-0.39, 0.29) is 5.56 Å². The Morgan fingerprint density at radius 1 is 1.40 bits per heavy atom. The van der Waals surface area contributed by atoms with Crippen LogP contribution in [-0.2, 0) is 7.05 Å². The molecule has 0 saturated carbocycles. The molecule has 74 valence electrons. The van der Waals surface area contributed by atoms with Crippen LogP contribution in [-0.4, -0.2) is 19.5 Å². The topological polar surface area (TPSA) is 31.2 Å². The number of ether oxygens (including phenoxy) is 1. The van der Waals surface area contributed by atoms with E-state index < -0.39 is 0 Å². The monoisotopic (exact) mass is 199 g/mol. The van der Waals surface area contributed by atoms with Gasteiger partial charge in [-0.25, -0.2) is 0 Å². The van der Waals surface area contributed by atoms with E-state index in [0.29, 0.717) is 22.0 Å². The largest absolute Gasteiger partial charge is 0.496 e. The van der Waals surface area contributed by atoms with Crippen molar-refractivity contribution in [2.75, 3.05) is 7.11 Å². The van der Waals surface area contributed by atoms with E-state index in [0.717, 1.165) is 0 Å². The van der Waals surface area contributed by atoms with Crippen LogP contribution in [0.15, 0.2) is 29.2 Å². The lowest BCUT2D eigenvalue weighted by molar-refractivity contribution is 0.420. The van der Waals surface area contributed by atoms with Crippen molar-refractivity contribution >= 4 is 24.1 Å². The lowest BCUT2D eigenvalue weighted by atomic mass is 9.92. The highest BCUT2D eigenvalue weighted by Crippen LogP contribution is 2.20. The van der Waals surface area contributed by atoms with Gasteiger partial charge in [0, 0.05) is 18.6 Å². The predicted octanol–water partition coefficient (Wildman–Crippen LogP) is 0.341. The van der Waals surface area contributed by atoms with Crippen molar-refractivity contribution in [3.05, 3.63) is 34.7 Å². The van der Waals surface area contributed by atoms with E-state index in [9.17, 15) is 4.79 Å². The fourth-order valence-electron chi connectivity index (χ4n) is 1.70. The quantitative estimate of drug-likeness (QED) is 0.620. The predicted molar refractivity (Wildman–Crippen MR) is 61.1 cm³/mol. The Morgan fingerprint density at radius 2 is 2.13 bits per heavy atom. The van der Waals surface area contributed by atoms with Gasteiger partial charge in [-0.3, -0.25) is 4.79 Å². The zero-order valence-corrected chi connectivity index (χ0v) is 8.65. The summed E-state index contributed by atoms with van der Waals surface area (Å²) in [5.74, 6) is 0.628. The minimum Gasteiger partial charge on any atom is -0.496 e. The molecular formula is C11H10BNO2. The molecule has 2 aromatic rings. The summed E-state index contributed by atoms with van der Waals surface area (Å²) < 4.78 is 6.64. The summed E-state index contributed by atoms with van der Waals surface area (Å²) in [5.41, 5.74) is 0.475. The van der Waals surface area contributed by atoms with Gasteiger partial charge in [-0.05, 0) is 12.1 Å². The number of pyridine rings is 1. The first-order valence-corrected chi connectivity index (χ1v) is 4.57. The molecule has 0 unspecified atom stereocenters. The fourth-order valence-corrected chi connectivity index (χ4v) is 1.70. The average molecular weight is 199 g/mol. The van der Waals surface area contributed by atoms with Crippen molar-refractivity contribution in [3.63, 3.8) is 0 Å². The highest BCUT2D eigenvalue weighted by atomic mass is 16.5. The maximum absolute atomic E-state index is 11.8. The first-order valence-electron chi connectivity index (χ1n) is 4.57. The zero-order chi connectivity index (χ0) is 11.0. The highest BCUT2D eigenvalue weighted by Gasteiger charge is 2.07. The molecule has 0 saturated heterocycles. The van der Waals surface area contributed by atoms with E-state index >= 15 is 0 Å². The molecule has 0 atom stereocenters. The van der Waals surface area contributed by atoms with Crippen LogP contribution in [0, 0.1) is 0 Å². The molecule has 1 aromatic heterocycles. The summed E-state index contributed by atoms with van der Waals surface area (Å²) in [6.07, 6.45) is 1.60. The fraction of sp³-hybridized carbons (Fsp3) is 0.182. The van der Waals surface area contributed by atoms with Crippen LogP contribution in [0.2, 0.25) is 0 Å². The molecule has 0 aliphatic heterocycles. The van der Waals surface area contributed by atoms with E-state index in [1.807, 2.05) is 0 Å². The molecule has 2 radical (unpaired) electrons. The number of rotatable bonds is 1. The van der Waals surface area contributed by atoms with Gasteiger partial charge < -0.3 is 9.30 Å². The SMILES string of the molecule is [B]c1cn(C)c(=O)c2cccc(OC)c12. The maximum Gasteiger partial charge on any atom is 0.258 e. The standard InChI is InChI=1S/C11H10BNO2/c1-13-6-8(12)10-7(11(13)14)4-3-5-9(10)15-2/h3-6H,1-2H3. The molecule has 0 fully saturated rings. The van der Waals surface area contributed by atoms with Gasteiger partial charge in [0.25, 0.3) is 5.56 Å². The van der Waals surface area contributed by atoms with Gasteiger partial charge in [-0.1, -0.05) is 11.5 Å². The molecule has 15 heavy (non-hydrogen) atoms. The Kier molecular flexibility index (Phi) is 2.27. The number of methoxy groups -OCH3 is 1. The minimum atomic E-state index is -0.0712. The third kappa shape index (κ3) is 1.42. The first-order chi connectivity index (χ1) is 7.15. The molecule has 3 nitrogen and oxygen atoms in total. The second-order valence-corrected chi connectivity index (χ2v) is 3.38. The summed E-state index contributed by atoms with van der Waals surface area (Å²) in [4.78, 5) is 11.8. The number of fused-ring (bicyclic) bond motifs is 1. The molecule has 0 N–H and O–H groups in total. The molecule has 4 heteroatoms. The summed E-state index contributed by atoms with van der Waals surface area (Å²) in [6, 6.07) is 5.32. The smallest absolute Gasteiger partial charge is 0.258 e. The normalized spacial score (nSPS) is 10.5. The molecule has 0 aliphatic rings. The minimum absolute atomic E-state index is 0.0712. The number of hydrogen-bond acceptors (Lipinski definition) is 2. The Morgan fingerprint density at radius 3 is 2.80 bits per heavy atom. The van der Waals surface area contributed by atoms with Crippen molar-refractivity contribution in [1.29, 1.82) is 0 Å². The van der Waals surface area contributed by atoms with Gasteiger partial charge in [0.2, 0.25) is 0 Å². The molecule has 0 aliphatic carbocycles. The average Bonchev–Trinajstić information content (AvgIpc) is 2.25. The second kappa shape index (κ2) is 3.46. The first kappa shape index (κ1) is 9.83. The summed E-state index contributed by atoms with van der Waals surface area (Å²) in [7, 11) is 9.10. The van der Waals surface area contributed by atoms with Crippen molar-refractivity contribution in [2.24, 2.45) is 7.05 Å². The molecular weight excluding hydrogens is 189 g/mol. The van der Waals surface area contributed by atoms with E-state index in [1.54, 1.807) is 38.6 Å². The summed E-state index contributed by atoms with van der Waals surface area (Å²) in [6.45, 7) is 0. The van der Waals surface area contributed by atoms with Crippen LogP contribution < -0.4 is 15.8 Å². The lowest BCUT2D eigenvalue weighted by Crippen LogP contribution is -2.23. The van der Waals surface area contributed by atoms with Gasteiger partial charge in [-0.15, -0.1) is 0 Å². The molecule has 0 amide bonds. The second-order valence-electron chi connectivity index (χ2n) is 3.38. The van der Waals surface area contributed by atoms with Crippen LogP contribution in [0.5, 0.6) is 5.75 Å². The Labute approximate surface area is 88.7 Å². The lowest BCUT2D eigenvalue weighted by Gasteiger charge is -2.09. The number of nitrogens with zero attached hydrogens (tertiary/aromatic N) is 1. The van der Waals surface area contributed by atoms with Crippen LogP contribution >= 0.6 is 0 Å². The van der Waals surface area contributed by atoms with E-state index in [1.165, 1.54) is 4.57 Å². The third-order valence-corrected chi connectivity index (χ3v) is 2.42. The van der Waals surface area contributed by atoms with Gasteiger partial charge in [0.15, 0.2) is 0 Å². The molecule has 1 heterocycles. The van der Waals surface area contributed by atoms with Crippen molar-refractivity contribution in [3.8, 4) is 5.75 Å². The van der Waals surface area contributed by atoms with Crippen molar-refractivity contribution in [1.82, 2.24) is 4.57 Å². The summed E-state index contributed by atoms with van der Waals surface area (Å²) in [5, 5.41) is 1.26. The van der Waals surface area contributed by atoms with Crippen LogP contribution in [0.4, 0.5) is 0 Å². The van der Waals surface area contributed by atoms with Gasteiger partial charge in [0.05, 0.1) is 12.5 Å². The Hall–Kier alpha value is -1.71. The van der Waals surface area contributed by atoms with E-state index in [2.05, 4.69) is 0 Å². The molecule has 0 spiro atoms. The van der Waals surface area contributed by atoms with Gasteiger partial charge >= 0.3 is 0 Å².